The van der Waals surface area contributed by atoms with Gasteiger partial charge in [0, 0.05) is 19.3 Å². The van der Waals surface area contributed by atoms with Gasteiger partial charge in [0.15, 0.2) is 6.10 Å². The summed E-state index contributed by atoms with van der Waals surface area (Å²) in [6.45, 7) is 6.46. The summed E-state index contributed by atoms with van der Waals surface area (Å²) in [5.41, 5.74) is 0. The second kappa shape index (κ2) is 53.2. The van der Waals surface area contributed by atoms with Crippen molar-refractivity contribution in [2.24, 2.45) is 0 Å². The van der Waals surface area contributed by atoms with Gasteiger partial charge in [-0.3, -0.25) is 14.4 Å². The number of rotatable bonds is 48. The molecule has 0 saturated carbocycles. The van der Waals surface area contributed by atoms with E-state index in [2.05, 4.69) is 106 Å². The van der Waals surface area contributed by atoms with Crippen LogP contribution in [0.3, 0.4) is 0 Å². The van der Waals surface area contributed by atoms with Crippen molar-refractivity contribution >= 4 is 17.9 Å². The van der Waals surface area contributed by atoms with Crippen molar-refractivity contribution in [3.8, 4) is 0 Å². The number of unbranched alkanes of at least 4 members (excludes halogenated alkanes) is 23. The van der Waals surface area contributed by atoms with E-state index in [1.165, 1.54) is 103 Å². The van der Waals surface area contributed by atoms with Crippen LogP contribution in [-0.2, 0) is 28.6 Å². The van der Waals surface area contributed by atoms with Gasteiger partial charge in [-0.05, 0) is 109 Å². The number of carbonyl (C=O) groups excluding carboxylic acids is 3. The fourth-order valence-electron chi connectivity index (χ4n) is 7.29. The maximum absolute atomic E-state index is 12.8. The molecule has 0 N–H and O–H groups in total. The van der Waals surface area contributed by atoms with E-state index in [-0.39, 0.29) is 37.5 Å². The van der Waals surface area contributed by atoms with E-state index in [4.69, 9.17) is 14.2 Å². The van der Waals surface area contributed by atoms with Crippen LogP contribution in [0.15, 0.2) is 85.1 Å². The highest BCUT2D eigenvalue weighted by atomic mass is 16.6. The predicted octanol–water partition coefficient (Wildman–Crippen LogP) is 18.0. The molecule has 0 aromatic heterocycles. The summed E-state index contributed by atoms with van der Waals surface area (Å²) in [7, 11) is 0. The second-order valence-electron chi connectivity index (χ2n) is 17.7. The molecule has 372 valence electrons. The zero-order valence-electron chi connectivity index (χ0n) is 42.5. The van der Waals surface area contributed by atoms with Crippen molar-refractivity contribution in [2.45, 2.75) is 258 Å². The zero-order chi connectivity index (χ0) is 47.2. The van der Waals surface area contributed by atoms with Crippen LogP contribution in [0.4, 0.5) is 0 Å². The van der Waals surface area contributed by atoms with Gasteiger partial charge in [0.05, 0.1) is 0 Å². The third-order valence-electron chi connectivity index (χ3n) is 11.4. The lowest BCUT2D eigenvalue weighted by molar-refractivity contribution is -0.167. The third kappa shape index (κ3) is 51.4. The van der Waals surface area contributed by atoms with Crippen molar-refractivity contribution in [1.29, 1.82) is 0 Å². The summed E-state index contributed by atoms with van der Waals surface area (Å²) in [5, 5.41) is 0. The number of hydrogen-bond donors (Lipinski definition) is 0. The first-order valence-corrected chi connectivity index (χ1v) is 27.1. The van der Waals surface area contributed by atoms with Gasteiger partial charge in [0.25, 0.3) is 0 Å². The molecule has 0 saturated heterocycles. The van der Waals surface area contributed by atoms with Gasteiger partial charge in [-0.1, -0.05) is 209 Å². The maximum Gasteiger partial charge on any atom is 0.306 e. The van der Waals surface area contributed by atoms with E-state index in [0.29, 0.717) is 19.3 Å². The zero-order valence-corrected chi connectivity index (χ0v) is 42.5. The molecule has 0 rings (SSSR count). The van der Waals surface area contributed by atoms with Crippen molar-refractivity contribution in [1.82, 2.24) is 0 Å². The Morgan fingerprint density at radius 1 is 0.323 bits per heavy atom. The Morgan fingerprint density at radius 2 is 0.615 bits per heavy atom. The normalized spacial score (nSPS) is 12.3. The Bertz CT molecular complexity index is 1210. The van der Waals surface area contributed by atoms with Gasteiger partial charge < -0.3 is 14.2 Å². The molecule has 0 aromatic carbocycles. The van der Waals surface area contributed by atoms with E-state index < -0.39 is 6.10 Å². The topological polar surface area (TPSA) is 78.9 Å². The van der Waals surface area contributed by atoms with Crippen LogP contribution in [0.1, 0.15) is 252 Å². The fraction of sp³-hybridized carbons (Fsp3) is 0.712. The highest BCUT2D eigenvalue weighted by Crippen LogP contribution is 2.13. The molecule has 0 spiro atoms. The van der Waals surface area contributed by atoms with Crippen LogP contribution in [-0.4, -0.2) is 37.2 Å². The van der Waals surface area contributed by atoms with Gasteiger partial charge in [0.2, 0.25) is 0 Å². The Balaban J connectivity index is 4.51. The second-order valence-corrected chi connectivity index (χ2v) is 17.7. The lowest BCUT2D eigenvalue weighted by Gasteiger charge is -2.18. The van der Waals surface area contributed by atoms with E-state index in [0.717, 1.165) is 103 Å². The lowest BCUT2D eigenvalue weighted by atomic mass is 10.1. The number of hydrogen-bond acceptors (Lipinski definition) is 6. The van der Waals surface area contributed by atoms with Crippen molar-refractivity contribution in [3.05, 3.63) is 85.1 Å². The minimum atomic E-state index is -0.813. The summed E-state index contributed by atoms with van der Waals surface area (Å²) in [6, 6.07) is 0. The molecule has 0 atom stereocenters. The molecule has 0 aliphatic heterocycles. The van der Waals surface area contributed by atoms with E-state index in [1.54, 1.807) is 0 Å². The van der Waals surface area contributed by atoms with Crippen molar-refractivity contribution < 1.29 is 28.6 Å². The molecule has 0 amide bonds. The number of carbonyl (C=O) groups is 3. The number of ether oxygens (including phenoxy) is 3. The van der Waals surface area contributed by atoms with Crippen LogP contribution in [0.2, 0.25) is 0 Å². The Kier molecular flexibility index (Phi) is 50.4. The summed E-state index contributed by atoms with van der Waals surface area (Å²) in [6.07, 6.45) is 68.6. The van der Waals surface area contributed by atoms with Crippen LogP contribution in [0, 0.1) is 0 Å². The SMILES string of the molecule is CC/C=C\C/C=C\C/C=C\C/C=C\C/C=C\CCCC(=O)OC(COC(=O)CCCCCCC/C=C\CCCCCCCC)COC(=O)CCCCCCC/C=C\CCCCCCCC. The van der Waals surface area contributed by atoms with E-state index in [9.17, 15) is 14.4 Å². The van der Waals surface area contributed by atoms with Gasteiger partial charge in [-0.2, -0.15) is 0 Å². The highest BCUT2D eigenvalue weighted by Gasteiger charge is 2.19. The van der Waals surface area contributed by atoms with Crippen LogP contribution in [0.25, 0.3) is 0 Å². The molecule has 6 heteroatoms. The molecule has 0 aliphatic rings. The molecule has 0 bridgehead atoms. The molecule has 6 nitrogen and oxygen atoms in total. The monoisotopic (exact) mass is 905 g/mol. The van der Waals surface area contributed by atoms with Crippen LogP contribution >= 0.6 is 0 Å². The summed E-state index contributed by atoms with van der Waals surface area (Å²) in [4.78, 5) is 38.0. The molecule has 0 unspecified atom stereocenters. The maximum atomic E-state index is 12.8. The molecule has 0 aliphatic carbocycles. The van der Waals surface area contributed by atoms with Crippen molar-refractivity contribution in [3.63, 3.8) is 0 Å². The average molecular weight is 905 g/mol. The van der Waals surface area contributed by atoms with Gasteiger partial charge in [-0.25, -0.2) is 0 Å². The lowest BCUT2D eigenvalue weighted by Crippen LogP contribution is -2.30. The molecule has 0 fully saturated rings. The first-order valence-electron chi connectivity index (χ1n) is 27.1. The van der Waals surface area contributed by atoms with Gasteiger partial charge in [-0.15, -0.1) is 0 Å². The minimum Gasteiger partial charge on any atom is -0.462 e. The fourth-order valence-corrected chi connectivity index (χ4v) is 7.29. The smallest absolute Gasteiger partial charge is 0.306 e. The third-order valence-corrected chi connectivity index (χ3v) is 11.4. The largest absolute Gasteiger partial charge is 0.462 e. The van der Waals surface area contributed by atoms with Crippen molar-refractivity contribution in [2.75, 3.05) is 13.2 Å². The molecule has 0 aromatic rings. The van der Waals surface area contributed by atoms with Gasteiger partial charge >= 0.3 is 17.9 Å². The molecular weight excluding hydrogens is 805 g/mol. The average Bonchev–Trinajstić information content (AvgIpc) is 3.30. The molecule has 0 radical (unpaired) electrons. The quantitative estimate of drug-likeness (QED) is 0.0262. The Labute approximate surface area is 401 Å². The first kappa shape index (κ1) is 61.6. The standard InChI is InChI=1S/C59H100O6/c1-4-7-10-13-16-19-22-25-28-29-32-35-38-41-44-47-50-53-59(62)65-56(54-63-57(60)51-48-45-42-39-36-33-30-26-23-20-17-14-11-8-5-2)55-64-58(61)52-49-46-43-40-37-34-31-27-24-21-18-15-12-9-6-3/h7,10,16,19,25-28,30-32,35,41,44,56H,4-6,8-9,11-15,17-18,20-24,29,33-34,36-40,42-43,45-55H2,1-3H3/b10-7-,19-16-,28-25-,30-26-,31-27-,35-32-,44-41-. The van der Waals surface area contributed by atoms with E-state index >= 15 is 0 Å². The van der Waals surface area contributed by atoms with Crippen LogP contribution < -0.4 is 0 Å². The molecule has 65 heavy (non-hydrogen) atoms. The molecular formula is C59H100O6. The number of allylic oxidation sites excluding steroid dienone is 14. The Hall–Kier alpha value is -3.41. The minimum absolute atomic E-state index is 0.106. The Morgan fingerprint density at radius 3 is 1.00 bits per heavy atom. The summed E-state index contributed by atoms with van der Waals surface area (Å²) in [5.74, 6) is -0.979. The molecule has 0 heterocycles. The summed E-state index contributed by atoms with van der Waals surface area (Å²) >= 11 is 0. The predicted molar refractivity (Wildman–Crippen MR) is 279 cm³/mol. The highest BCUT2D eigenvalue weighted by molar-refractivity contribution is 5.71. The summed E-state index contributed by atoms with van der Waals surface area (Å²) < 4.78 is 16.8. The van der Waals surface area contributed by atoms with Gasteiger partial charge in [0.1, 0.15) is 13.2 Å². The first-order chi connectivity index (χ1) is 32.0. The number of esters is 3. The van der Waals surface area contributed by atoms with E-state index in [1.807, 2.05) is 0 Å². The van der Waals surface area contributed by atoms with Crippen LogP contribution in [0.5, 0.6) is 0 Å².